The van der Waals surface area contributed by atoms with Gasteiger partial charge in [0, 0.05) is 18.5 Å². The molecule has 2 aromatic rings. The fraction of sp³-hybridized carbons (Fsp3) is 0.333. The molecule has 0 saturated carbocycles. The Balaban J connectivity index is 2.39. The Labute approximate surface area is 132 Å². The van der Waals surface area contributed by atoms with Gasteiger partial charge in [-0.15, -0.1) is 0 Å². The van der Waals surface area contributed by atoms with Crippen molar-refractivity contribution in [3.63, 3.8) is 0 Å². The molecule has 106 valence electrons. The highest BCUT2D eigenvalue weighted by Gasteiger charge is 2.14. The first-order chi connectivity index (χ1) is 9.51. The van der Waals surface area contributed by atoms with E-state index < -0.39 is 0 Å². The average Bonchev–Trinajstić information content (AvgIpc) is 2.40. The third-order valence-electron chi connectivity index (χ3n) is 2.96. The van der Waals surface area contributed by atoms with Crippen LogP contribution in [0.15, 0.2) is 28.7 Å². The predicted octanol–water partition coefficient (Wildman–Crippen LogP) is 4.65. The molecule has 0 bridgehead atoms. The van der Waals surface area contributed by atoms with Gasteiger partial charge in [0.1, 0.15) is 11.6 Å². The van der Waals surface area contributed by atoms with Crippen LogP contribution in [0, 0.1) is 0 Å². The summed E-state index contributed by atoms with van der Waals surface area (Å²) in [5.41, 5.74) is 2.12. The number of hydrogen-bond donors (Lipinski definition) is 1. The Morgan fingerprint density at radius 2 is 2.05 bits per heavy atom. The molecule has 0 amide bonds. The van der Waals surface area contributed by atoms with Gasteiger partial charge < -0.3 is 5.32 Å². The smallest absolute Gasteiger partial charge is 0.144 e. The fourth-order valence-electron chi connectivity index (χ4n) is 1.97. The Bertz CT molecular complexity index is 614. The van der Waals surface area contributed by atoms with Crippen LogP contribution in [0.1, 0.15) is 36.8 Å². The van der Waals surface area contributed by atoms with Crippen molar-refractivity contribution in [3.8, 4) is 0 Å². The highest BCUT2D eigenvalue weighted by atomic mass is 79.9. The molecule has 1 aromatic carbocycles. The van der Waals surface area contributed by atoms with Crippen LogP contribution in [0.2, 0.25) is 5.02 Å². The van der Waals surface area contributed by atoms with Crippen molar-refractivity contribution in [1.82, 2.24) is 9.97 Å². The zero-order chi connectivity index (χ0) is 14.7. The van der Waals surface area contributed by atoms with Crippen molar-refractivity contribution in [3.05, 3.63) is 50.8 Å². The second-order valence-electron chi connectivity index (χ2n) is 4.90. The molecule has 1 aromatic heterocycles. The van der Waals surface area contributed by atoms with Crippen molar-refractivity contribution in [2.45, 2.75) is 26.2 Å². The Kier molecular flexibility index (Phi) is 5.00. The minimum Gasteiger partial charge on any atom is -0.372 e. The number of nitrogens with one attached hydrogen (secondary N) is 1. The van der Waals surface area contributed by atoms with Gasteiger partial charge in [-0.25, -0.2) is 9.97 Å². The van der Waals surface area contributed by atoms with Gasteiger partial charge in [0.25, 0.3) is 0 Å². The molecule has 0 saturated heterocycles. The Hall–Kier alpha value is -1.13. The minimum absolute atomic E-state index is 0.331. The van der Waals surface area contributed by atoms with Gasteiger partial charge in [-0.2, -0.15) is 0 Å². The normalized spacial score (nSPS) is 10.9. The molecule has 0 aliphatic heterocycles. The zero-order valence-corrected chi connectivity index (χ0v) is 14.1. The van der Waals surface area contributed by atoms with Gasteiger partial charge in [0.05, 0.1) is 10.2 Å². The zero-order valence-electron chi connectivity index (χ0n) is 11.7. The van der Waals surface area contributed by atoms with Gasteiger partial charge in [0.2, 0.25) is 0 Å². The predicted molar refractivity (Wildman–Crippen MR) is 87.6 cm³/mol. The number of anilines is 1. The molecule has 2 rings (SSSR count). The van der Waals surface area contributed by atoms with E-state index in [1.165, 1.54) is 0 Å². The van der Waals surface area contributed by atoms with Crippen LogP contribution in [0.3, 0.4) is 0 Å². The third kappa shape index (κ3) is 3.49. The highest BCUT2D eigenvalue weighted by Crippen LogP contribution is 2.29. The van der Waals surface area contributed by atoms with Crippen LogP contribution >= 0.6 is 27.5 Å². The molecule has 0 fully saturated rings. The monoisotopic (exact) mass is 353 g/mol. The van der Waals surface area contributed by atoms with Crippen LogP contribution in [-0.4, -0.2) is 17.0 Å². The number of nitrogens with zero attached hydrogens (tertiary/aromatic N) is 2. The summed E-state index contributed by atoms with van der Waals surface area (Å²) in [4.78, 5) is 9.21. The number of halogens is 2. The Morgan fingerprint density at radius 1 is 1.30 bits per heavy atom. The number of rotatable bonds is 4. The van der Waals surface area contributed by atoms with E-state index in [0.29, 0.717) is 12.3 Å². The quantitative estimate of drug-likeness (QED) is 0.868. The third-order valence-corrected chi connectivity index (χ3v) is 3.98. The topological polar surface area (TPSA) is 37.8 Å². The molecular formula is C15H17BrClN3. The van der Waals surface area contributed by atoms with E-state index in [4.69, 9.17) is 11.6 Å². The van der Waals surface area contributed by atoms with E-state index in [0.717, 1.165) is 32.4 Å². The minimum atomic E-state index is 0.331. The first kappa shape index (κ1) is 15.3. The molecular weight excluding hydrogens is 338 g/mol. The van der Waals surface area contributed by atoms with Crippen molar-refractivity contribution < 1.29 is 0 Å². The fourth-order valence-corrected chi connectivity index (χ4v) is 3.02. The molecule has 0 spiro atoms. The standard InChI is InChI=1S/C15H17BrClN3/c1-9(2)14-13(16)15(18-3)20-12(19-14)8-10-5-4-6-11(17)7-10/h4-7,9H,8H2,1-3H3,(H,18,19,20). The molecule has 5 heteroatoms. The van der Waals surface area contributed by atoms with Crippen LogP contribution in [0.4, 0.5) is 5.82 Å². The summed E-state index contributed by atoms with van der Waals surface area (Å²) in [7, 11) is 1.86. The number of aromatic nitrogens is 2. The van der Waals surface area contributed by atoms with E-state index >= 15 is 0 Å². The molecule has 0 radical (unpaired) electrons. The molecule has 0 atom stereocenters. The lowest BCUT2D eigenvalue weighted by atomic mass is 10.1. The maximum absolute atomic E-state index is 6.02. The van der Waals surface area contributed by atoms with Crippen LogP contribution < -0.4 is 5.32 Å². The van der Waals surface area contributed by atoms with Gasteiger partial charge >= 0.3 is 0 Å². The second-order valence-corrected chi connectivity index (χ2v) is 6.13. The van der Waals surface area contributed by atoms with Gasteiger partial charge in [-0.05, 0) is 39.5 Å². The number of hydrogen-bond acceptors (Lipinski definition) is 3. The first-order valence-electron chi connectivity index (χ1n) is 6.49. The molecule has 0 aliphatic carbocycles. The SMILES string of the molecule is CNc1nc(Cc2cccc(Cl)c2)nc(C(C)C)c1Br. The molecule has 0 unspecified atom stereocenters. The molecule has 3 nitrogen and oxygen atoms in total. The van der Waals surface area contributed by atoms with Crippen LogP contribution in [0.25, 0.3) is 0 Å². The summed E-state index contributed by atoms with van der Waals surface area (Å²) < 4.78 is 0.935. The van der Waals surface area contributed by atoms with Crippen LogP contribution in [-0.2, 0) is 6.42 Å². The Morgan fingerprint density at radius 3 is 2.65 bits per heavy atom. The highest BCUT2D eigenvalue weighted by molar-refractivity contribution is 9.10. The van der Waals surface area contributed by atoms with Gasteiger partial charge in [0.15, 0.2) is 0 Å². The lowest BCUT2D eigenvalue weighted by Crippen LogP contribution is -2.07. The van der Waals surface area contributed by atoms with E-state index in [1.54, 1.807) is 0 Å². The van der Waals surface area contributed by atoms with Gasteiger partial charge in [-0.1, -0.05) is 37.6 Å². The van der Waals surface area contributed by atoms with Gasteiger partial charge in [-0.3, -0.25) is 0 Å². The van der Waals surface area contributed by atoms with Crippen LogP contribution in [0.5, 0.6) is 0 Å². The summed E-state index contributed by atoms with van der Waals surface area (Å²) in [6.45, 7) is 4.24. The first-order valence-corrected chi connectivity index (χ1v) is 7.67. The van der Waals surface area contributed by atoms with E-state index in [-0.39, 0.29) is 0 Å². The maximum atomic E-state index is 6.02. The van der Waals surface area contributed by atoms with E-state index in [1.807, 2.05) is 31.3 Å². The van der Waals surface area contributed by atoms with Crippen molar-refractivity contribution >= 4 is 33.3 Å². The lowest BCUT2D eigenvalue weighted by molar-refractivity contribution is 0.785. The summed E-state index contributed by atoms with van der Waals surface area (Å²) in [5.74, 6) is 1.95. The van der Waals surface area contributed by atoms with Crippen molar-refractivity contribution in [1.29, 1.82) is 0 Å². The van der Waals surface area contributed by atoms with Crippen molar-refractivity contribution in [2.24, 2.45) is 0 Å². The van der Waals surface area contributed by atoms with E-state index in [2.05, 4.69) is 45.1 Å². The molecule has 0 aliphatic rings. The van der Waals surface area contributed by atoms with E-state index in [9.17, 15) is 0 Å². The second kappa shape index (κ2) is 6.55. The summed E-state index contributed by atoms with van der Waals surface area (Å²) in [6.07, 6.45) is 0.669. The lowest BCUT2D eigenvalue weighted by Gasteiger charge is -2.13. The molecule has 1 heterocycles. The summed E-state index contributed by atoms with van der Waals surface area (Å²) >= 11 is 9.58. The summed E-state index contributed by atoms with van der Waals surface area (Å²) in [5, 5.41) is 3.84. The molecule has 1 N–H and O–H groups in total. The van der Waals surface area contributed by atoms with Crippen molar-refractivity contribution in [2.75, 3.05) is 12.4 Å². The number of benzene rings is 1. The average molecular weight is 355 g/mol. The largest absolute Gasteiger partial charge is 0.372 e. The molecule has 20 heavy (non-hydrogen) atoms. The summed E-state index contributed by atoms with van der Waals surface area (Å²) in [6, 6.07) is 7.79. The maximum Gasteiger partial charge on any atom is 0.144 e.